The van der Waals surface area contributed by atoms with Crippen molar-refractivity contribution in [2.24, 2.45) is 0 Å². The van der Waals surface area contributed by atoms with Gasteiger partial charge in [-0.3, -0.25) is 4.79 Å². The molecule has 0 radical (unpaired) electrons. The highest BCUT2D eigenvalue weighted by Gasteiger charge is 2.02. The molecular formula is C11H14O2. The van der Waals surface area contributed by atoms with Gasteiger partial charge >= 0.3 is 0 Å². The topological polar surface area (TPSA) is 37.3 Å². The molecule has 1 rings (SSSR count). The van der Waals surface area contributed by atoms with Crippen molar-refractivity contribution in [1.29, 1.82) is 0 Å². The zero-order valence-corrected chi connectivity index (χ0v) is 7.79. The summed E-state index contributed by atoms with van der Waals surface area (Å²) in [5, 5.41) is 8.61. The molecule has 0 atom stereocenters. The minimum absolute atomic E-state index is 0.219. The van der Waals surface area contributed by atoms with Crippen molar-refractivity contribution < 1.29 is 9.90 Å². The molecule has 0 saturated heterocycles. The summed E-state index contributed by atoms with van der Waals surface area (Å²) in [6.07, 6.45) is 2.14. The average Bonchev–Trinajstić information content (AvgIpc) is 2.18. The Bertz CT molecular complexity index is 275. The van der Waals surface area contributed by atoms with Crippen molar-refractivity contribution in [2.45, 2.75) is 19.8 Å². The molecule has 0 aliphatic rings. The summed E-state index contributed by atoms with van der Waals surface area (Å²) < 4.78 is 0. The van der Waals surface area contributed by atoms with Crippen LogP contribution < -0.4 is 0 Å². The maximum Gasteiger partial charge on any atom is 0.188 e. The lowest BCUT2D eigenvalue weighted by molar-refractivity contribution is 0.0904. The van der Waals surface area contributed by atoms with E-state index in [0.29, 0.717) is 5.56 Å². The zero-order chi connectivity index (χ0) is 9.68. The quantitative estimate of drug-likeness (QED) is 0.714. The fraction of sp³-hybridized carbons (Fsp3) is 0.364. The van der Waals surface area contributed by atoms with Crippen LogP contribution in [0, 0.1) is 0 Å². The zero-order valence-electron chi connectivity index (χ0n) is 7.79. The molecule has 2 heteroatoms. The summed E-state index contributed by atoms with van der Waals surface area (Å²) in [4.78, 5) is 11.0. The molecule has 0 aliphatic carbocycles. The van der Waals surface area contributed by atoms with Crippen molar-refractivity contribution in [3.05, 3.63) is 35.4 Å². The first-order chi connectivity index (χ1) is 6.27. The maximum atomic E-state index is 11.0. The van der Waals surface area contributed by atoms with E-state index in [1.807, 2.05) is 12.1 Å². The monoisotopic (exact) mass is 178 g/mol. The minimum Gasteiger partial charge on any atom is -0.388 e. The number of aryl methyl sites for hydroxylation is 1. The normalized spacial score (nSPS) is 10.0. The molecule has 70 valence electrons. The summed E-state index contributed by atoms with van der Waals surface area (Å²) in [5.41, 5.74) is 1.82. The lowest BCUT2D eigenvalue weighted by atomic mass is 10.1. The maximum absolute atomic E-state index is 11.0. The fourth-order valence-electron chi connectivity index (χ4n) is 1.24. The van der Waals surface area contributed by atoms with E-state index in [2.05, 4.69) is 6.92 Å². The number of rotatable bonds is 4. The predicted molar refractivity (Wildman–Crippen MR) is 51.9 cm³/mol. The van der Waals surface area contributed by atoms with Crippen molar-refractivity contribution in [3.8, 4) is 0 Å². The van der Waals surface area contributed by atoms with Gasteiger partial charge in [0, 0.05) is 5.56 Å². The summed E-state index contributed by atoms with van der Waals surface area (Å²) in [6.45, 7) is 1.71. The molecular weight excluding hydrogens is 164 g/mol. The Morgan fingerprint density at radius 3 is 2.38 bits per heavy atom. The molecule has 0 unspecified atom stereocenters. The second kappa shape index (κ2) is 4.77. The highest BCUT2D eigenvalue weighted by atomic mass is 16.3. The second-order valence-electron chi connectivity index (χ2n) is 3.03. The minimum atomic E-state index is -0.410. The standard InChI is InChI=1S/C11H14O2/c1-2-3-9-4-6-10(7-5-9)11(13)8-12/h4-7,12H,2-3,8H2,1H3. The number of hydrogen-bond acceptors (Lipinski definition) is 2. The number of aliphatic hydroxyl groups is 1. The summed E-state index contributed by atoms with van der Waals surface area (Å²) >= 11 is 0. The Morgan fingerprint density at radius 1 is 1.31 bits per heavy atom. The Balaban J connectivity index is 2.75. The molecule has 0 aliphatic heterocycles. The van der Waals surface area contributed by atoms with Crippen LogP contribution >= 0.6 is 0 Å². The molecule has 0 bridgehead atoms. The molecule has 13 heavy (non-hydrogen) atoms. The van der Waals surface area contributed by atoms with Crippen molar-refractivity contribution in [2.75, 3.05) is 6.61 Å². The highest BCUT2D eigenvalue weighted by molar-refractivity contribution is 5.96. The number of carbonyl (C=O) groups is 1. The highest BCUT2D eigenvalue weighted by Crippen LogP contribution is 2.06. The van der Waals surface area contributed by atoms with E-state index in [1.165, 1.54) is 5.56 Å². The van der Waals surface area contributed by atoms with E-state index < -0.39 is 6.61 Å². The summed E-state index contributed by atoms with van der Waals surface area (Å²) in [5.74, 6) is -0.219. The van der Waals surface area contributed by atoms with Gasteiger partial charge in [-0.15, -0.1) is 0 Å². The molecule has 0 amide bonds. The fourth-order valence-corrected chi connectivity index (χ4v) is 1.24. The van der Waals surface area contributed by atoms with Gasteiger partial charge in [0.2, 0.25) is 0 Å². The molecule has 0 saturated carbocycles. The van der Waals surface area contributed by atoms with Gasteiger partial charge in [0.1, 0.15) is 6.61 Å². The van der Waals surface area contributed by atoms with E-state index in [-0.39, 0.29) is 5.78 Å². The van der Waals surface area contributed by atoms with Crippen molar-refractivity contribution in [1.82, 2.24) is 0 Å². The second-order valence-corrected chi connectivity index (χ2v) is 3.03. The van der Waals surface area contributed by atoms with Crippen LogP contribution in [0.1, 0.15) is 29.3 Å². The van der Waals surface area contributed by atoms with Gasteiger partial charge < -0.3 is 5.11 Å². The van der Waals surface area contributed by atoms with Gasteiger partial charge in [-0.2, -0.15) is 0 Å². The first-order valence-corrected chi connectivity index (χ1v) is 4.51. The number of aliphatic hydroxyl groups excluding tert-OH is 1. The molecule has 1 N–H and O–H groups in total. The molecule has 1 aromatic rings. The predicted octanol–water partition coefficient (Wildman–Crippen LogP) is 1.81. The summed E-state index contributed by atoms with van der Waals surface area (Å²) in [6, 6.07) is 7.41. The van der Waals surface area contributed by atoms with Gasteiger partial charge in [0.25, 0.3) is 0 Å². The molecule has 0 aromatic heterocycles. The van der Waals surface area contributed by atoms with E-state index in [1.54, 1.807) is 12.1 Å². The van der Waals surface area contributed by atoms with Crippen LogP contribution in [-0.2, 0) is 6.42 Å². The molecule has 0 heterocycles. The Labute approximate surface area is 78.2 Å². The Morgan fingerprint density at radius 2 is 1.92 bits per heavy atom. The molecule has 2 nitrogen and oxygen atoms in total. The lowest BCUT2D eigenvalue weighted by Gasteiger charge is -2.00. The van der Waals surface area contributed by atoms with Crippen LogP contribution in [0.25, 0.3) is 0 Å². The SMILES string of the molecule is CCCc1ccc(C(=O)CO)cc1. The smallest absolute Gasteiger partial charge is 0.188 e. The van der Waals surface area contributed by atoms with Gasteiger partial charge in [-0.05, 0) is 12.0 Å². The summed E-state index contributed by atoms with van der Waals surface area (Å²) in [7, 11) is 0. The van der Waals surface area contributed by atoms with Crippen LogP contribution in [0.2, 0.25) is 0 Å². The molecule has 1 aromatic carbocycles. The van der Waals surface area contributed by atoms with Crippen molar-refractivity contribution >= 4 is 5.78 Å². The first kappa shape index (κ1) is 9.93. The average molecular weight is 178 g/mol. The van der Waals surface area contributed by atoms with E-state index in [9.17, 15) is 4.79 Å². The van der Waals surface area contributed by atoms with Crippen LogP contribution in [0.3, 0.4) is 0 Å². The Kier molecular flexibility index (Phi) is 3.65. The largest absolute Gasteiger partial charge is 0.388 e. The third-order valence-electron chi connectivity index (χ3n) is 1.96. The molecule has 0 spiro atoms. The van der Waals surface area contributed by atoms with E-state index in [4.69, 9.17) is 5.11 Å². The number of hydrogen-bond donors (Lipinski definition) is 1. The van der Waals surface area contributed by atoms with Crippen LogP contribution in [0.4, 0.5) is 0 Å². The first-order valence-electron chi connectivity index (χ1n) is 4.51. The third kappa shape index (κ3) is 2.67. The van der Waals surface area contributed by atoms with E-state index >= 15 is 0 Å². The van der Waals surface area contributed by atoms with Crippen LogP contribution in [0.15, 0.2) is 24.3 Å². The van der Waals surface area contributed by atoms with Crippen molar-refractivity contribution in [3.63, 3.8) is 0 Å². The Hall–Kier alpha value is -1.15. The third-order valence-corrected chi connectivity index (χ3v) is 1.96. The van der Waals surface area contributed by atoms with Gasteiger partial charge in [0.05, 0.1) is 0 Å². The van der Waals surface area contributed by atoms with Crippen LogP contribution in [0.5, 0.6) is 0 Å². The van der Waals surface area contributed by atoms with Gasteiger partial charge in [-0.25, -0.2) is 0 Å². The number of carbonyl (C=O) groups excluding carboxylic acids is 1. The van der Waals surface area contributed by atoms with Gasteiger partial charge in [0.15, 0.2) is 5.78 Å². The number of ketones is 1. The number of Topliss-reactive ketones (excluding diaryl/α,β-unsaturated/α-hetero) is 1. The molecule has 0 fully saturated rings. The van der Waals surface area contributed by atoms with E-state index in [0.717, 1.165) is 12.8 Å². The lowest BCUT2D eigenvalue weighted by Crippen LogP contribution is -2.03. The van der Waals surface area contributed by atoms with Crippen LogP contribution in [-0.4, -0.2) is 17.5 Å². The number of benzene rings is 1. The van der Waals surface area contributed by atoms with Gasteiger partial charge in [-0.1, -0.05) is 37.6 Å².